The number of carbonyl (C=O) groups is 1. The van der Waals surface area contributed by atoms with Gasteiger partial charge in [0.25, 0.3) is 0 Å². The van der Waals surface area contributed by atoms with Gasteiger partial charge in [0, 0.05) is 0 Å². The molecule has 0 aromatic heterocycles. The largest absolute Gasteiger partial charge is 0.390 e. The molecule has 2 atom stereocenters. The Morgan fingerprint density at radius 1 is 1.50 bits per heavy atom. The topological polar surface area (TPSA) is 57.5 Å². The van der Waals surface area contributed by atoms with Gasteiger partial charge >= 0.3 is 0 Å². The van der Waals surface area contributed by atoms with Crippen LogP contribution in [0.1, 0.15) is 13.8 Å². The van der Waals surface area contributed by atoms with Crippen molar-refractivity contribution in [3.8, 4) is 0 Å². The van der Waals surface area contributed by atoms with Gasteiger partial charge < -0.3 is 10.2 Å². The van der Waals surface area contributed by atoms with Gasteiger partial charge in [0.1, 0.15) is 6.10 Å². The number of ketones is 1. The van der Waals surface area contributed by atoms with Crippen LogP contribution in [0, 0.1) is 0 Å². The third kappa shape index (κ3) is 2.75. The average Bonchev–Trinajstić information content (AvgIpc) is 1.87. The summed E-state index contributed by atoms with van der Waals surface area (Å²) in [5, 5.41) is 17.6. The predicted molar refractivity (Wildman–Crippen MR) is 37.5 cm³/mol. The summed E-state index contributed by atoms with van der Waals surface area (Å²) in [5.41, 5.74) is 0. The molecule has 0 fully saturated rings. The van der Waals surface area contributed by atoms with Crippen molar-refractivity contribution in [2.24, 2.45) is 0 Å². The number of hydrogen-bond acceptors (Lipinski definition) is 3. The molecule has 0 aliphatic heterocycles. The van der Waals surface area contributed by atoms with Crippen molar-refractivity contribution in [2.45, 2.75) is 26.1 Å². The number of hydrogen-bond donors (Lipinski definition) is 2. The van der Waals surface area contributed by atoms with Gasteiger partial charge in [-0.15, -0.1) is 0 Å². The van der Waals surface area contributed by atoms with Crippen LogP contribution >= 0.6 is 0 Å². The first kappa shape index (κ1) is 9.33. The van der Waals surface area contributed by atoms with Crippen molar-refractivity contribution >= 4 is 5.78 Å². The maximum atomic E-state index is 10.7. The molecule has 3 nitrogen and oxygen atoms in total. The third-order valence-corrected chi connectivity index (χ3v) is 1.08. The molecule has 0 aromatic carbocycles. The smallest absolute Gasteiger partial charge is 0.186 e. The second kappa shape index (κ2) is 4.19. The van der Waals surface area contributed by atoms with Crippen molar-refractivity contribution < 1.29 is 15.0 Å². The van der Waals surface area contributed by atoms with Crippen LogP contribution in [0.25, 0.3) is 0 Å². The number of aliphatic hydroxyl groups is 2. The minimum absolute atomic E-state index is 0.461. The lowest BCUT2D eigenvalue weighted by atomic mass is 10.1. The van der Waals surface area contributed by atoms with Gasteiger partial charge in [0.2, 0.25) is 0 Å². The van der Waals surface area contributed by atoms with Crippen LogP contribution < -0.4 is 0 Å². The fourth-order valence-electron chi connectivity index (χ4n) is 0.501. The molecular weight excluding hydrogens is 132 g/mol. The van der Waals surface area contributed by atoms with E-state index in [2.05, 4.69) is 0 Å². The van der Waals surface area contributed by atoms with E-state index in [0.29, 0.717) is 0 Å². The molecule has 0 aliphatic carbocycles. The van der Waals surface area contributed by atoms with E-state index in [9.17, 15) is 4.79 Å². The van der Waals surface area contributed by atoms with Gasteiger partial charge in [-0.25, -0.2) is 0 Å². The van der Waals surface area contributed by atoms with Crippen molar-refractivity contribution in [3.63, 3.8) is 0 Å². The molecular formula is C7H12O3. The van der Waals surface area contributed by atoms with Crippen LogP contribution in [0.15, 0.2) is 12.2 Å². The lowest BCUT2D eigenvalue weighted by molar-refractivity contribution is -0.127. The van der Waals surface area contributed by atoms with E-state index in [-0.39, 0.29) is 0 Å². The summed E-state index contributed by atoms with van der Waals surface area (Å²) >= 11 is 0. The highest BCUT2D eigenvalue weighted by Gasteiger charge is 2.16. The summed E-state index contributed by atoms with van der Waals surface area (Å²) in [5.74, 6) is -0.461. The Hall–Kier alpha value is -0.670. The van der Waals surface area contributed by atoms with Gasteiger partial charge in [-0.1, -0.05) is 6.08 Å². The Labute approximate surface area is 60.0 Å². The van der Waals surface area contributed by atoms with Gasteiger partial charge in [-0.05, 0) is 19.9 Å². The second-order valence-electron chi connectivity index (χ2n) is 2.09. The van der Waals surface area contributed by atoms with E-state index in [0.717, 1.165) is 0 Å². The van der Waals surface area contributed by atoms with E-state index in [1.54, 1.807) is 6.92 Å². The van der Waals surface area contributed by atoms with Gasteiger partial charge in [0.05, 0.1) is 6.10 Å². The van der Waals surface area contributed by atoms with E-state index in [1.807, 2.05) is 0 Å². The molecule has 58 valence electrons. The molecule has 2 unspecified atom stereocenters. The summed E-state index contributed by atoms with van der Waals surface area (Å²) in [6, 6.07) is 0. The molecule has 0 radical (unpaired) electrons. The normalized spacial score (nSPS) is 17.2. The summed E-state index contributed by atoms with van der Waals surface area (Å²) in [6.45, 7) is 3.04. The van der Waals surface area contributed by atoms with Crippen LogP contribution in [0.3, 0.4) is 0 Å². The number of rotatable bonds is 3. The Bertz CT molecular complexity index is 138. The minimum Gasteiger partial charge on any atom is -0.390 e. The molecule has 0 heterocycles. The van der Waals surface area contributed by atoms with Crippen LogP contribution in [-0.4, -0.2) is 28.2 Å². The SMILES string of the molecule is C/C=C\C(=O)C(O)C(C)O. The van der Waals surface area contributed by atoms with E-state index in [1.165, 1.54) is 19.1 Å². The fourth-order valence-corrected chi connectivity index (χ4v) is 0.501. The molecule has 3 heteroatoms. The molecule has 0 aromatic rings. The monoisotopic (exact) mass is 144 g/mol. The Morgan fingerprint density at radius 2 is 2.00 bits per heavy atom. The summed E-state index contributed by atoms with van der Waals surface area (Å²) in [6.07, 6.45) is 0.477. The standard InChI is InChI=1S/C7H12O3/c1-3-4-6(9)7(10)5(2)8/h3-5,7-8,10H,1-2H3/b4-3-. The fraction of sp³-hybridized carbons (Fsp3) is 0.571. The van der Waals surface area contributed by atoms with Crippen LogP contribution in [0.5, 0.6) is 0 Å². The van der Waals surface area contributed by atoms with E-state index >= 15 is 0 Å². The molecule has 0 saturated heterocycles. The lowest BCUT2D eigenvalue weighted by Gasteiger charge is -2.08. The number of carbonyl (C=O) groups excluding carboxylic acids is 1. The maximum Gasteiger partial charge on any atom is 0.186 e. The molecule has 0 bridgehead atoms. The predicted octanol–water partition coefficient (Wildman–Crippen LogP) is -0.127. The zero-order valence-electron chi connectivity index (χ0n) is 6.11. The van der Waals surface area contributed by atoms with E-state index < -0.39 is 18.0 Å². The highest BCUT2D eigenvalue weighted by Crippen LogP contribution is 1.94. The lowest BCUT2D eigenvalue weighted by Crippen LogP contribution is -2.30. The number of aliphatic hydroxyl groups excluding tert-OH is 2. The first-order valence-electron chi connectivity index (χ1n) is 3.12. The quantitative estimate of drug-likeness (QED) is 0.542. The molecule has 2 N–H and O–H groups in total. The zero-order valence-corrected chi connectivity index (χ0v) is 6.11. The molecule has 0 spiro atoms. The van der Waals surface area contributed by atoms with Gasteiger partial charge in [-0.2, -0.15) is 0 Å². The summed E-state index contributed by atoms with van der Waals surface area (Å²) in [4.78, 5) is 10.7. The molecule has 10 heavy (non-hydrogen) atoms. The van der Waals surface area contributed by atoms with Crippen molar-refractivity contribution in [3.05, 3.63) is 12.2 Å². The molecule has 0 rings (SSSR count). The van der Waals surface area contributed by atoms with Crippen LogP contribution in [-0.2, 0) is 4.79 Å². The van der Waals surface area contributed by atoms with Crippen molar-refractivity contribution in [2.75, 3.05) is 0 Å². The van der Waals surface area contributed by atoms with Crippen molar-refractivity contribution in [1.29, 1.82) is 0 Å². The molecule has 0 amide bonds. The summed E-state index contributed by atoms with van der Waals surface area (Å²) < 4.78 is 0. The van der Waals surface area contributed by atoms with Gasteiger partial charge in [-0.3, -0.25) is 4.79 Å². The first-order chi connectivity index (χ1) is 4.59. The molecule has 0 saturated carbocycles. The van der Waals surface area contributed by atoms with Crippen molar-refractivity contribution in [1.82, 2.24) is 0 Å². The van der Waals surface area contributed by atoms with Gasteiger partial charge in [0.15, 0.2) is 5.78 Å². The highest BCUT2D eigenvalue weighted by molar-refractivity contribution is 5.93. The highest BCUT2D eigenvalue weighted by atomic mass is 16.3. The minimum atomic E-state index is -1.28. The molecule has 0 aliphatic rings. The first-order valence-corrected chi connectivity index (χ1v) is 3.12. The van der Waals surface area contributed by atoms with E-state index in [4.69, 9.17) is 10.2 Å². The maximum absolute atomic E-state index is 10.7. The third-order valence-electron chi connectivity index (χ3n) is 1.08. The average molecular weight is 144 g/mol. The Kier molecular flexibility index (Phi) is 3.91. The Balaban J connectivity index is 3.95. The van der Waals surface area contributed by atoms with Crippen LogP contribution in [0.4, 0.5) is 0 Å². The second-order valence-corrected chi connectivity index (χ2v) is 2.09. The summed E-state index contributed by atoms with van der Waals surface area (Å²) in [7, 11) is 0. The Morgan fingerprint density at radius 3 is 2.30 bits per heavy atom. The zero-order chi connectivity index (χ0) is 8.15. The number of allylic oxidation sites excluding steroid dienone is 1. The van der Waals surface area contributed by atoms with Crippen LogP contribution in [0.2, 0.25) is 0 Å².